The predicted molar refractivity (Wildman–Crippen MR) is 85.2 cm³/mol. The molecular formula is C17H17ClN2O2. The van der Waals surface area contributed by atoms with Gasteiger partial charge in [-0.3, -0.25) is 4.79 Å². The van der Waals surface area contributed by atoms with Crippen LogP contribution in [0.5, 0.6) is 5.88 Å². The van der Waals surface area contributed by atoms with Gasteiger partial charge in [0.25, 0.3) is 5.91 Å². The summed E-state index contributed by atoms with van der Waals surface area (Å²) >= 11 is 5.92. The number of amides is 1. The number of aromatic nitrogens is 1. The Morgan fingerprint density at radius 3 is 2.68 bits per heavy atom. The topological polar surface area (TPSA) is 51.2 Å². The summed E-state index contributed by atoms with van der Waals surface area (Å²) in [5.41, 5.74) is 1.37. The number of hydrogen-bond donors (Lipinski definition) is 1. The monoisotopic (exact) mass is 316 g/mol. The lowest BCUT2D eigenvalue weighted by molar-refractivity contribution is 0.0930. The summed E-state index contributed by atoms with van der Waals surface area (Å²) in [5, 5.41) is 3.82. The van der Waals surface area contributed by atoms with Crippen molar-refractivity contribution in [2.24, 2.45) is 0 Å². The van der Waals surface area contributed by atoms with Gasteiger partial charge in [-0.15, -0.1) is 0 Å². The number of hydrogen-bond acceptors (Lipinski definition) is 3. The molecule has 0 saturated heterocycles. The van der Waals surface area contributed by atoms with E-state index in [-0.39, 0.29) is 11.4 Å². The minimum atomic E-state index is -0.267. The van der Waals surface area contributed by atoms with E-state index in [0.717, 1.165) is 18.4 Å². The van der Waals surface area contributed by atoms with Gasteiger partial charge >= 0.3 is 0 Å². The summed E-state index contributed by atoms with van der Waals surface area (Å²) in [6.07, 6.45) is 3.45. The molecule has 1 fully saturated rings. The Labute approximate surface area is 134 Å². The molecule has 1 aliphatic rings. The highest BCUT2D eigenvalue weighted by Crippen LogP contribution is 2.45. The average molecular weight is 317 g/mol. The third kappa shape index (κ3) is 3.07. The third-order valence-electron chi connectivity index (χ3n) is 3.79. The van der Waals surface area contributed by atoms with Crippen LogP contribution in [0.2, 0.25) is 5.02 Å². The van der Waals surface area contributed by atoms with Crippen LogP contribution in [0.4, 0.5) is 0 Å². The van der Waals surface area contributed by atoms with Crippen molar-refractivity contribution in [2.45, 2.75) is 25.3 Å². The second kappa shape index (κ2) is 5.97. The number of nitrogens with one attached hydrogen (secondary N) is 1. The first kappa shape index (κ1) is 14.9. The Hall–Kier alpha value is -2.07. The summed E-state index contributed by atoms with van der Waals surface area (Å²) in [5.74, 6) is 0.349. The van der Waals surface area contributed by atoms with Gasteiger partial charge in [0.15, 0.2) is 0 Å². The molecule has 0 unspecified atom stereocenters. The summed E-state index contributed by atoms with van der Waals surface area (Å²) in [6, 6.07) is 11.0. The molecule has 4 nitrogen and oxygen atoms in total. The quantitative estimate of drug-likeness (QED) is 0.917. The van der Waals surface area contributed by atoms with E-state index in [1.807, 2.05) is 31.2 Å². The van der Waals surface area contributed by atoms with Crippen molar-refractivity contribution < 1.29 is 9.53 Å². The van der Waals surface area contributed by atoms with Crippen molar-refractivity contribution in [3.8, 4) is 5.88 Å². The van der Waals surface area contributed by atoms with Crippen LogP contribution in [0.15, 0.2) is 42.6 Å². The second-order valence-corrected chi connectivity index (χ2v) is 5.80. The largest absolute Gasteiger partial charge is 0.478 e. The predicted octanol–water partition coefficient (Wildman–Crippen LogP) is 3.55. The van der Waals surface area contributed by atoms with Gasteiger partial charge in [0, 0.05) is 22.8 Å². The van der Waals surface area contributed by atoms with E-state index in [9.17, 15) is 4.79 Å². The van der Waals surface area contributed by atoms with Gasteiger partial charge < -0.3 is 10.1 Å². The van der Waals surface area contributed by atoms with Crippen LogP contribution < -0.4 is 10.1 Å². The molecule has 1 aromatic heterocycles. The van der Waals surface area contributed by atoms with Gasteiger partial charge in [0.05, 0.1) is 12.1 Å². The van der Waals surface area contributed by atoms with E-state index in [1.54, 1.807) is 18.3 Å². The minimum Gasteiger partial charge on any atom is -0.478 e. The number of pyridine rings is 1. The van der Waals surface area contributed by atoms with Crippen LogP contribution >= 0.6 is 11.6 Å². The smallest absolute Gasteiger partial charge is 0.252 e. The summed E-state index contributed by atoms with van der Waals surface area (Å²) in [6.45, 7) is 2.40. The lowest BCUT2D eigenvalue weighted by Crippen LogP contribution is -2.34. The number of nitrogens with zero attached hydrogens (tertiary/aromatic N) is 1. The van der Waals surface area contributed by atoms with Crippen LogP contribution in [0.1, 0.15) is 35.7 Å². The fourth-order valence-corrected chi connectivity index (χ4v) is 2.57. The standard InChI is InChI=1S/C17H17ClN2O2/c1-2-22-15-11-12(7-10-19-15)16(21)20-17(8-9-17)13-3-5-14(18)6-4-13/h3-7,10-11H,2,8-9H2,1H3,(H,20,21). The zero-order valence-electron chi connectivity index (χ0n) is 12.3. The van der Waals surface area contributed by atoms with Gasteiger partial charge in [-0.2, -0.15) is 0 Å². The first-order chi connectivity index (χ1) is 10.6. The maximum absolute atomic E-state index is 12.5. The molecule has 1 amide bonds. The van der Waals surface area contributed by atoms with Crippen molar-refractivity contribution in [1.29, 1.82) is 0 Å². The molecule has 5 heteroatoms. The molecule has 1 aliphatic carbocycles. The van der Waals surface area contributed by atoms with E-state index < -0.39 is 0 Å². The molecule has 22 heavy (non-hydrogen) atoms. The molecule has 0 bridgehead atoms. The van der Waals surface area contributed by atoms with Crippen molar-refractivity contribution in [1.82, 2.24) is 10.3 Å². The normalized spacial score (nSPS) is 15.2. The Kier molecular flexibility index (Phi) is 4.03. The number of ether oxygens (including phenoxy) is 1. The number of benzene rings is 1. The Morgan fingerprint density at radius 2 is 2.05 bits per heavy atom. The molecule has 1 aromatic carbocycles. The zero-order chi connectivity index (χ0) is 15.6. The zero-order valence-corrected chi connectivity index (χ0v) is 13.1. The molecule has 0 radical (unpaired) electrons. The summed E-state index contributed by atoms with van der Waals surface area (Å²) in [4.78, 5) is 16.6. The lowest BCUT2D eigenvalue weighted by Gasteiger charge is -2.18. The van der Waals surface area contributed by atoms with Gasteiger partial charge in [0.2, 0.25) is 5.88 Å². The molecular weight excluding hydrogens is 300 g/mol. The SMILES string of the molecule is CCOc1cc(C(=O)NC2(c3ccc(Cl)cc3)CC2)ccn1. The van der Waals surface area contributed by atoms with Crippen LogP contribution in [0, 0.1) is 0 Å². The number of carbonyl (C=O) groups excluding carboxylic acids is 1. The van der Waals surface area contributed by atoms with Crippen LogP contribution in [-0.2, 0) is 5.54 Å². The van der Waals surface area contributed by atoms with Crippen molar-refractivity contribution in [3.63, 3.8) is 0 Å². The van der Waals surface area contributed by atoms with E-state index in [4.69, 9.17) is 16.3 Å². The molecule has 0 spiro atoms. The molecule has 0 atom stereocenters. The van der Waals surface area contributed by atoms with Crippen LogP contribution in [-0.4, -0.2) is 17.5 Å². The third-order valence-corrected chi connectivity index (χ3v) is 4.04. The highest BCUT2D eigenvalue weighted by Gasteiger charge is 2.45. The second-order valence-electron chi connectivity index (χ2n) is 5.36. The minimum absolute atomic E-state index is 0.115. The maximum atomic E-state index is 12.5. The first-order valence-electron chi connectivity index (χ1n) is 7.30. The van der Waals surface area contributed by atoms with Crippen LogP contribution in [0.3, 0.4) is 0 Å². The number of halogens is 1. The Bertz CT molecular complexity index is 681. The summed E-state index contributed by atoms with van der Waals surface area (Å²) in [7, 11) is 0. The molecule has 114 valence electrons. The van der Waals surface area contributed by atoms with Crippen molar-refractivity contribution >= 4 is 17.5 Å². The molecule has 1 N–H and O–H groups in total. The fourth-order valence-electron chi connectivity index (χ4n) is 2.45. The van der Waals surface area contributed by atoms with E-state index in [0.29, 0.717) is 23.1 Å². The summed E-state index contributed by atoms with van der Waals surface area (Å²) < 4.78 is 5.33. The van der Waals surface area contributed by atoms with E-state index >= 15 is 0 Å². The highest BCUT2D eigenvalue weighted by molar-refractivity contribution is 6.30. The Balaban J connectivity index is 1.76. The highest BCUT2D eigenvalue weighted by atomic mass is 35.5. The molecule has 0 aliphatic heterocycles. The molecule has 3 rings (SSSR count). The molecule has 1 heterocycles. The first-order valence-corrected chi connectivity index (χ1v) is 7.68. The average Bonchev–Trinajstić information content (AvgIpc) is 3.29. The maximum Gasteiger partial charge on any atom is 0.252 e. The molecule has 2 aromatic rings. The van der Waals surface area contributed by atoms with Gasteiger partial charge in [0.1, 0.15) is 0 Å². The molecule has 1 saturated carbocycles. The Morgan fingerprint density at radius 1 is 1.32 bits per heavy atom. The fraction of sp³-hybridized carbons (Fsp3) is 0.294. The number of carbonyl (C=O) groups is 1. The van der Waals surface area contributed by atoms with Gasteiger partial charge in [-0.25, -0.2) is 4.98 Å². The van der Waals surface area contributed by atoms with Crippen LogP contribution in [0.25, 0.3) is 0 Å². The van der Waals surface area contributed by atoms with Crippen molar-refractivity contribution in [3.05, 3.63) is 58.7 Å². The van der Waals surface area contributed by atoms with Gasteiger partial charge in [-0.1, -0.05) is 23.7 Å². The number of rotatable bonds is 5. The van der Waals surface area contributed by atoms with Crippen molar-refractivity contribution in [2.75, 3.05) is 6.61 Å². The van der Waals surface area contributed by atoms with E-state index in [1.165, 1.54) is 0 Å². The lowest BCUT2D eigenvalue weighted by atomic mass is 10.0. The van der Waals surface area contributed by atoms with E-state index in [2.05, 4.69) is 10.3 Å². The van der Waals surface area contributed by atoms with Gasteiger partial charge in [-0.05, 0) is 43.5 Å².